The Morgan fingerprint density at radius 1 is 1.69 bits per heavy atom. The van der Waals surface area contributed by atoms with Gasteiger partial charge in [-0.3, -0.25) is 4.40 Å². The lowest BCUT2D eigenvalue weighted by molar-refractivity contribution is 1.08. The zero-order valence-electron chi connectivity index (χ0n) is 8.94. The first-order valence-corrected chi connectivity index (χ1v) is 6.03. The van der Waals surface area contributed by atoms with Crippen molar-refractivity contribution in [2.45, 2.75) is 0 Å². The van der Waals surface area contributed by atoms with E-state index in [0.717, 1.165) is 20.5 Å². The Morgan fingerprint density at radius 3 is 3.19 bits per heavy atom. The van der Waals surface area contributed by atoms with Crippen LogP contribution in [0.4, 0.5) is 0 Å². The molecular formula is C11H13IN4. The summed E-state index contributed by atoms with van der Waals surface area (Å²) in [5.74, 6) is 0. The maximum Gasteiger partial charge on any atom is 0.138 e. The minimum absolute atomic E-state index is 0.509. The summed E-state index contributed by atoms with van der Waals surface area (Å²) < 4.78 is 3.14. The molecule has 0 bridgehead atoms. The fourth-order valence-electron chi connectivity index (χ4n) is 1.58. The number of hydrogen-bond donors (Lipinski definition) is 2. The minimum Gasteiger partial charge on any atom is -0.394 e. The van der Waals surface area contributed by atoms with E-state index >= 15 is 0 Å². The number of nitrogens with one attached hydrogen (secondary N) is 1. The third-order valence-corrected chi connectivity index (χ3v) is 3.18. The fourth-order valence-corrected chi connectivity index (χ4v) is 2.13. The molecule has 0 saturated carbocycles. The lowest BCUT2D eigenvalue weighted by Crippen LogP contribution is -2.06. The van der Waals surface area contributed by atoms with E-state index in [0.29, 0.717) is 6.54 Å². The number of pyridine rings is 1. The molecule has 0 amide bonds. The van der Waals surface area contributed by atoms with Crippen molar-refractivity contribution in [1.82, 2.24) is 14.7 Å². The quantitative estimate of drug-likeness (QED) is 0.839. The van der Waals surface area contributed by atoms with Gasteiger partial charge in [-0.1, -0.05) is 0 Å². The van der Waals surface area contributed by atoms with Gasteiger partial charge in [-0.25, -0.2) is 4.98 Å². The molecule has 0 spiro atoms. The van der Waals surface area contributed by atoms with E-state index in [1.807, 2.05) is 42.2 Å². The van der Waals surface area contributed by atoms with Crippen LogP contribution in [0.5, 0.6) is 0 Å². The van der Waals surface area contributed by atoms with Crippen molar-refractivity contribution in [1.29, 1.82) is 0 Å². The first kappa shape index (κ1) is 11.4. The van der Waals surface area contributed by atoms with E-state index in [1.165, 1.54) is 0 Å². The van der Waals surface area contributed by atoms with Crippen LogP contribution in [0.1, 0.15) is 5.56 Å². The monoisotopic (exact) mass is 328 g/mol. The normalized spacial score (nSPS) is 12.1. The predicted octanol–water partition coefficient (Wildman–Crippen LogP) is 1.46. The second-order valence-electron chi connectivity index (χ2n) is 3.39. The molecule has 0 radical (unpaired) electrons. The Hall–Kier alpha value is -1.08. The van der Waals surface area contributed by atoms with Gasteiger partial charge in [-0.15, -0.1) is 0 Å². The lowest BCUT2D eigenvalue weighted by Gasteiger charge is -2.05. The summed E-state index contributed by atoms with van der Waals surface area (Å²) in [5, 5.41) is 3.00. The molecule has 0 fully saturated rings. The third-order valence-electron chi connectivity index (χ3n) is 2.38. The summed E-state index contributed by atoms with van der Waals surface area (Å²) in [4.78, 5) is 4.32. The molecule has 0 saturated heterocycles. The number of imidazole rings is 1. The van der Waals surface area contributed by atoms with Gasteiger partial charge in [0.1, 0.15) is 9.35 Å². The van der Waals surface area contributed by atoms with Gasteiger partial charge >= 0.3 is 0 Å². The number of hydrogen-bond acceptors (Lipinski definition) is 3. The van der Waals surface area contributed by atoms with Crippen LogP contribution in [0.2, 0.25) is 0 Å². The average Bonchev–Trinajstić information content (AvgIpc) is 2.67. The summed E-state index contributed by atoms with van der Waals surface area (Å²) in [5.41, 5.74) is 8.82. The van der Waals surface area contributed by atoms with Crippen molar-refractivity contribution in [3.8, 4) is 0 Å². The van der Waals surface area contributed by atoms with Crippen molar-refractivity contribution >= 4 is 33.8 Å². The molecule has 2 aromatic rings. The first-order chi connectivity index (χ1) is 7.76. The van der Waals surface area contributed by atoms with Crippen molar-refractivity contribution < 1.29 is 0 Å². The Balaban J connectivity index is 2.50. The van der Waals surface area contributed by atoms with Crippen LogP contribution in [0.3, 0.4) is 0 Å². The number of nitrogens with two attached hydrogens (primary N) is 1. The average molecular weight is 328 g/mol. The highest BCUT2D eigenvalue weighted by atomic mass is 127. The summed E-state index contributed by atoms with van der Waals surface area (Å²) in [6.07, 6.45) is 5.78. The Morgan fingerprint density at radius 2 is 2.50 bits per heavy atom. The Bertz CT molecular complexity index is 530. The molecule has 2 heterocycles. The van der Waals surface area contributed by atoms with Crippen LogP contribution in [0.25, 0.3) is 11.2 Å². The standard InChI is InChI=1S/C11H13IN4/c1-14-6-9(5-13)8-2-3-16-10(12)7-15-11(16)4-8/h2-4,6-7,14H,5,13H2,1H3/b9-6+. The molecule has 2 aromatic heterocycles. The highest BCUT2D eigenvalue weighted by Gasteiger charge is 2.04. The molecular weight excluding hydrogens is 315 g/mol. The van der Waals surface area contributed by atoms with Crippen molar-refractivity contribution in [2.75, 3.05) is 13.6 Å². The van der Waals surface area contributed by atoms with Crippen molar-refractivity contribution in [2.24, 2.45) is 5.73 Å². The van der Waals surface area contributed by atoms with Gasteiger partial charge in [0.15, 0.2) is 0 Å². The van der Waals surface area contributed by atoms with Gasteiger partial charge in [-0.2, -0.15) is 0 Å². The SMILES string of the molecule is CN/C=C(\CN)c1ccn2c(I)cnc2c1. The maximum atomic E-state index is 5.70. The molecule has 2 rings (SSSR count). The van der Waals surface area contributed by atoms with Gasteiger partial charge in [0.25, 0.3) is 0 Å². The van der Waals surface area contributed by atoms with Crippen LogP contribution >= 0.6 is 22.6 Å². The zero-order chi connectivity index (χ0) is 11.5. The third kappa shape index (κ3) is 2.05. The predicted molar refractivity (Wildman–Crippen MR) is 74.0 cm³/mol. The Labute approximate surface area is 108 Å². The largest absolute Gasteiger partial charge is 0.394 e. The van der Waals surface area contributed by atoms with E-state index < -0.39 is 0 Å². The van der Waals surface area contributed by atoms with E-state index in [4.69, 9.17) is 5.73 Å². The van der Waals surface area contributed by atoms with Crippen LogP contribution in [0.15, 0.2) is 30.7 Å². The molecule has 0 aliphatic carbocycles. The molecule has 3 N–H and O–H groups in total. The van der Waals surface area contributed by atoms with Crippen LogP contribution in [0, 0.1) is 3.70 Å². The van der Waals surface area contributed by atoms with Gasteiger partial charge in [0.05, 0.1) is 6.20 Å². The minimum atomic E-state index is 0.509. The van der Waals surface area contributed by atoms with Gasteiger partial charge in [0.2, 0.25) is 0 Å². The van der Waals surface area contributed by atoms with E-state index in [9.17, 15) is 0 Å². The summed E-state index contributed by atoms with van der Waals surface area (Å²) in [7, 11) is 1.87. The van der Waals surface area contributed by atoms with Crippen LogP contribution in [-0.4, -0.2) is 23.0 Å². The highest BCUT2D eigenvalue weighted by Crippen LogP contribution is 2.16. The topological polar surface area (TPSA) is 55.3 Å². The van der Waals surface area contributed by atoms with Gasteiger partial charge in [0, 0.05) is 26.0 Å². The van der Waals surface area contributed by atoms with Gasteiger partial charge < -0.3 is 11.1 Å². The smallest absolute Gasteiger partial charge is 0.138 e. The number of rotatable bonds is 3. The lowest BCUT2D eigenvalue weighted by atomic mass is 10.1. The van der Waals surface area contributed by atoms with E-state index in [2.05, 4.69) is 32.9 Å². The summed E-state index contributed by atoms with van der Waals surface area (Å²) >= 11 is 2.26. The van der Waals surface area contributed by atoms with Gasteiger partial charge in [-0.05, 0) is 45.9 Å². The maximum absolute atomic E-state index is 5.70. The fraction of sp³-hybridized carbons (Fsp3) is 0.182. The molecule has 0 unspecified atom stereocenters. The number of aromatic nitrogens is 2. The second kappa shape index (κ2) is 4.84. The number of halogens is 1. The molecule has 0 aliphatic heterocycles. The first-order valence-electron chi connectivity index (χ1n) is 4.95. The Kier molecular flexibility index (Phi) is 3.45. The zero-order valence-corrected chi connectivity index (χ0v) is 11.1. The molecule has 16 heavy (non-hydrogen) atoms. The molecule has 84 valence electrons. The van der Waals surface area contributed by atoms with Crippen LogP contribution in [-0.2, 0) is 0 Å². The molecule has 0 aliphatic rings. The van der Waals surface area contributed by atoms with Crippen molar-refractivity contribution in [3.05, 3.63) is 40.0 Å². The molecule has 0 atom stereocenters. The molecule has 5 heteroatoms. The molecule has 4 nitrogen and oxygen atoms in total. The van der Waals surface area contributed by atoms with E-state index in [1.54, 1.807) is 0 Å². The number of nitrogens with zero attached hydrogens (tertiary/aromatic N) is 2. The van der Waals surface area contributed by atoms with Crippen molar-refractivity contribution in [3.63, 3.8) is 0 Å². The summed E-state index contributed by atoms with van der Waals surface area (Å²) in [6, 6.07) is 4.09. The van der Waals surface area contributed by atoms with E-state index in [-0.39, 0.29) is 0 Å². The molecule has 0 aromatic carbocycles. The van der Waals surface area contributed by atoms with Crippen LogP contribution < -0.4 is 11.1 Å². The number of fused-ring (bicyclic) bond motifs is 1. The summed E-state index contributed by atoms with van der Waals surface area (Å²) in [6.45, 7) is 0.509. The highest BCUT2D eigenvalue weighted by molar-refractivity contribution is 14.1. The second-order valence-corrected chi connectivity index (χ2v) is 4.49.